The predicted molar refractivity (Wildman–Crippen MR) is 52.5 cm³/mol. The molecule has 0 aromatic heterocycles. The van der Waals surface area contributed by atoms with Gasteiger partial charge in [-0.3, -0.25) is 0 Å². The maximum Gasteiger partial charge on any atom is 0.0385 e. The van der Waals surface area contributed by atoms with Gasteiger partial charge in [0.1, 0.15) is 0 Å². The molecule has 1 aliphatic heterocycles. The number of rotatable bonds is 3. The monoisotopic (exact) mass is 183 g/mol. The third-order valence-electron chi connectivity index (χ3n) is 2.62. The molecule has 1 rings (SSSR count). The normalized spacial score (nSPS) is 25.5. The second-order valence-electron chi connectivity index (χ2n) is 3.58. The van der Waals surface area contributed by atoms with Crippen molar-refractivity contribution in [2.75, 3.05) is 39.8 Å². The van der Waals surface area contributed by atoms with E-state index in [1.54, 1.807) is 0 Å². The number of azide groups is 1. The van der Waals surface area contributed by atoms with Crippen LogP contribution in [0.25, 0.3) is 10.4 Å². The minimum atomic E-state index is 0.590. The summed E-state index contributed by atoms with van der Waals surface area (Å²) in [5.74, 6) is 0. The highest BCUT2D eigenvalue weighted by molar-refractivity contribution is 4.76. The average Bonchev–Trinajstić information content (AvgIpc) is 2.12. The Balaban J connectivity index is 2.25. The lowest BCUT2D eigenvalue weighted by molar-refractivity contribution is 0.108. The first-order valence-electron chi connectivity index (χ1n) is 4.67. The SMILES string of the molecule is CC1CN(CCN=[N+]=[N-])CCN1C. The zero-order valence-electron chi connectivity index (χ0n) is 8.35. The third kappa shape index (κ3) is 3.22. The van der Waals surface area contributed by atoms with Crippen molar-refractivity contribution in [3.63, 3.8) is 0 Å². The fourth-order valence-corrected chi connectivity index (χ4v) is 1.56. The molecule has 0 radical (unpaired) electrons. The van der Waals surface area contributed by atoms with Crippen LogP contribution in [-0.2, 0) is 0 Å². The highest BCUT2D eigenvalue weighted by Crippen LogP contribution is 2.05. The molecule has 0 aliphatic carbocycles. The van der Waals surface area contributed by atoms with E-state index in [2.05, 4.69) is 33.8 Å². The second-order valence-corrected chi connectivity index (χ2v) is 3.58. The van der Waals surface area contributed by atoms with Crippen molar-refractivity contribution >= 4 is 0 Å². The van der Waals surface area contributed by atoms with Gasteiger partial charge in [0.15, 0.2) is 0 Å². The van der Waals surface area contributed by atoms with Crippen LogP contribution in [-0.4, -0.2) is 55.6 Å². The van der Waals surface area contributed by atoms with E-state index < -0.39 is 0 Å². The van der Waals surface area contributed by atoms with Gasteiger partial charge in [0.25, 0.3) is 0 Å². The maximum absolute atomic E-state index is 8.12. The first-order chi connectivity index (χ1) is 6.24. The van der Waals surface area contributed by atoms with Crippen LogP contribution in [0.15, 0.2) is 5.11 Å². The number of hydrogen-bond acceptors (Lipinski definition) is 3. The molecule has 0 bridgehead atoms. The van der Waals surface area contributed by atoms with Gasteiger partial charge in [0, 0.05) is 43.7 Å². The molecule has 0 aromatic rings. The molecule has 5 heteroatoms. The zero-order valence-corrected chi connectivity index (χ0v) is 8.35. The van der Waals surface area contributed by atoms with E-state index in [0.29, 0.717) is 12.6 Å². The standard InChI is InChI=1S/C8H17N5/c1-8-7-13(4-3-10-11-9)6-5-12(8)2/h8H,3-7H2,1-2H3. The first kappa shape index (κ1) is 10.3. The molecule has 1 aliphatic rings. The summed E-state index contributed by atoms with van der Waals surface area (Å²) in [5.41, 5.74) is 8.12. The molecule has 1 atom stereocenters. The summed E-state index contributed by atoms with van der Waals surface area (Å²) in [7, 11) is 2.15. The van der Waals surface area contributed by atoms with Gasteiger partial charge in [-0.25, -0.2) is 0 Å². The lowest BCUT2D eigenvalue weighted by Gasteiger charge is -2.37. The Hall–Kier alpha value is -0.770. The molecule has 1 fully saturated rings. The summed E-state index contributed by atoms with van der Waals surface area (Å²) < 4.78 is 0. The lowest BCUT2D eigenvalue weighted by Crippen LogP contribution is -2.50. The first-order valence-corrected chi connectivity index (χ1v) is 4.67. The Bertz CT molecular complexity index is 199. The van der Waals surface area contributed by atoms with Crippen LogP contribution < -0.4 is 0 Å². The average molecular weight is 183 g/mol. The fourth-order valence-electron chi connectivity index (χ4n) is 1.56. The molecule has 0 amide bonds. The molecule has 1 saturated heterocycles. The van der Waals surface area contributed by atoms with E-state index >= 15 is 0 Å². The largest absolute Gasteiger partial charge is 0.301 e. The number of hydrogen-bond donors (Lipinski definition) is 0. The molecule has 74 valence electrons. The predicted octanol–water partition coefficient (Wildman–Crippen LogP) is 0.933. The highest BCUT2D eigenvalue weighted by Gasteiger charge is 2.19. The molecule has 0 aromatic carbocycles. The van der Waals surface area contributed by atoms with Crippen molar-refractivity contribution in [1.82, 2.24) is 9.80 Å². The number of likely N-dealkylation sites (N-methyl/N-ethyl adjacent to an activating group) is 1. The van der Waals surface area contributed by atoms with Gasteiger partial charge in [0.2, 0.25) is 0 Å². The molecule has 5 nitrogen and oxygen atoms in total. The van der Waals surface area contributed by atoms with Crippen molar-refractivity contribution in [1.29, 1.82) is 0 Å². The van der Waals surface area contributed by atoms with Crippen LogP contribution in [0.4, 0.5) is 0 Å². The van der Waals surface area contributed by atoms with Gasteiger partial charge in [-0.05, 0) is 19.5 Å². The topological polar surface area (TPSA) is 55.2 Å². The Labute approximate surface area is 78.9 Å². The summed E-state index contributed by atoms with van der Waals surface area (Å²) in [6.45, 7) is 6.98. The van der Waals surface area contributed by atoms with Crippen LogP contribution in [0.1, 0.15) is 6.92 Å². The highest BCUT2D eigenvalue weighted by atomic mass is 15.3. The van der Waals surface area contributed by atoms with E-state index in [4.69, 9.17) is 5.53 Å². The van der Waals surface area contributed by atoms with Crippen LogP contribution in [0.3, 0.4) is 0 Å². The van der Waals surface area contributed by atoms with Crippen molar-refractivity contribution in [3.05, 3.63) is 10.4 Å². The quantitative estimate of drug-likeness (QED) is 0.371. The Kier molecular flexibility index (Phi) is 4.02. The van der Waals surface area contributed by atoms with E-state index in [9.17, 15) is 0 Å². The van der Waals surface area contributed by atoms with Crippen molar-refractivity contribution in [3.8, 4) is 0 Å². The molecule has 1 unspecified atom stereocenters. The zero-order chi connectivity index (χ0) is 9.68. The number of piperazine rings is 1. The Morgan fingerprint density at radius 2 is 2.31 bits per heavy atom. The van der Waals surface area contributed by atoms with Crippen molar-refractivity contribution in [2.45, 2.75) is 13.0 Å². The number of nitrogens with zero attached hydrogens (tertiary/aromatic N) is 5. The van der Waals surface area contributed by atoms with Crippen LogP contribution in [0, 0.1) is 0 Å². The van der Waals surface area contributed by atoms with E-state index in [0.717, 1.165) is 26.2 Å². The Morgan fingerprint density at radius 1 is 1.54 bits per heavy atom. The molecular formula is C8H17N5. The lowest BCUT2D eigenvalue weighted by atomic mass is 10.2. The summed E-state index contributed by atoms with van der Waals surface area (Å²) >= 11 is 0. The van der Waals surface area contributed by atoms with Gasteiger partial charge < -0.3 is 9.80 Å². The van der Waals surface area contributed by atoms with Gasteiger partial charge in [-0.2, -0.15) is 0 Å². The van der Waals surface area contributed by atoms with Gasteiger partial charge in [-0.1, -0.05) is 5.11 Å². The summed E-state index contributed by atoms with van der Waals surface area (Å²) in [5, 5.41) is 3.54. The summed E-state index contributed by atoms with van der Waals surface area (Å²) in [6, 6.07) is 0.611. The van der Waals surface area contributed by atoms with Crippen LogP contribution >= 0.6 is 0 Å². The molecule has 0 saturated carbocycles. The molecule has 0 spiro atoms. The molecule has 1 heterocycles. The minimum Gasteiger partial charge on any atom is -0.301 e. The third-order valence-corrected chi connectivity index (χ3v) is 2.62. The summed E-state index contributed by atoms with van der Waals surface area (Å²) in [4.78, 5) is 7.44. The van der Waals surface area contributed by atoms with E-state index in [1.807, 2.05) is 0 Å². The molecular weight excluding hydrogens is 166 g/mol. The van der Waals surface area contributed by atoms with E-state index in [-0.39, 0.29) is 0 Å². The van der Waals surface area contributed by atoms with Crippen molar-refractivity contribution < 1.29 is 0 Å². The minimum absolute atomic E-state index is 0.590. The summed E-state index contributed by atoms with van der Waals surface area (Å²) in [6.07, 6.45) is 0. The maximum atomic E-state index is 8.12. The Morgan fingerprint density at radius 3 is 2.92 bits per heavy atom. The molecule has 0 N–H and O–H groups in total. The van der Waals surface area contributed by atoms with Gasteiger partial charge >= 0.3 is 0 Å². The van der Waals surface area contributed by atoms with Gasteiger partial charge in [0.05, 0.1) is 0 Å². The fraction of sp³-hybridized carbons (Fsp3) is 1.00. The van der Waals surface area contributed by atoms with Crippen LogP contribution in [0.5, 0.6) is 0 Å². The van der Waals surface area contributed by atoms with Crippen molar-refractivity contribution in [2.24, 2.45) is 5.11 Å². The smallest absolute Gasteiger partial charge is 0.0385 e. The molecule has 13 heavy (non-hydrogen) atoms. The van der Waals surface area contributed by atoms with Crippen LogP contribution in [0.2, 0.25) is 0 Å². The van der Waals surface area contributed by atoms with Gasteiger partial charge in [-0.15, -0.1) is 0 Å². The van der Waals surface area contributed by atoms with E-state index in [1.165, 1.54) is 0 Å². The second kappa shape index (κ2) is 5.07.